The first-order valence-corrected chi connectivity index (χ1v) is 7.10. The number of hydrogen-bond acceptors (Lipinski definition) is 4. The molecule has 1 heterocycles. The number of halogens is 1. The molecule has 1 aromatic rings. The number of carbonyl (C=O) groups is 1. The van der Waals surface area contributed by atoms with Gasteiger partial charge in [-0.05, 0) is 24.3 Å². The molecule has 0 aromatic heterocycles. The Bertz CT molecular complexity index is 447. The third-order valence-corrected chi connectivity index (χ3v) is 3.34. The maximum atomic E-state index is 12.7. The molecule has 1 N–H and O–H groups in total. The van der Waals surface area contributed by atoms with Gasteiger partial charge in [0, 0.05) is 20.1 Å². The van der Waals surface area contributed by atoms with Crippen LogP contribution in [0, 0.1) is 5.82 Å². The summed E-state index contributed by atoms with van der Waals surface area (Å²) in [5.41, 5.74) is 0. The van der Waals surface area contributed by atoms with Crippen LogP contribution >= 0.6 is 0 Å². The quantitative estimate of drug-likeness (QED) is 0.852. The van der Waals surface area contributed by atoms with E-state index in [1.54, 1.807) is 24.1 Å². The SMILES string of the molecule is CN(CCOc1ccc(F)cc1)C(=O)CC1CNCCO1. The molecule has 5 nitrogen and oxygen atoms in total. The minimum atomic E-state index is -0.296. The van der Waals surface area contributed by atoms with Crippen LogP contribution in [0.15, 0.2) is 24.3 Å². The highest BCUT2D eigenvalue weighted by Gasteiger charge is 2.19. The van der Waals surface area contributed by atoms with Crippen molar-refractivity contribution in [3.63, 3.8) is 0 Å². The van der Waals surface area contributed by atoms with Gasteiger partial charge >= 0.3 is 0 Å². The molecule has 0 aliphatic carbocycles. The molecule has 1 aromatic carbocycles. The van der Waals surface area contributed by atoms with Crippen molar-refractivity contribution >= 4 is 5.91 Å². The summed E-state index contributed by atoms with van der Waals surface area (Å²) in [6.45, 7) is 3.06. The third kappa shape index (κ3) is 5.32. The van der Waals surface area contributed by atoms with Gasteiger partial charge in [-0.3, -0.25) is 4.79 Å². The van der Waals surface area contributed by atoms with Crippen molar-refractivity contribution in [2.75, 3.05) is 39.9 Å². The standard InChI is InChI=1S/C15H21FN2O3/c1-18(15(19)10-14-11-17-6-8-20-14)7-9-21-13-4-2-12(16)3-5-13/h2-5,14,17H,6-11H2,1H3. The minimum absolute atomic E-state index is 0.0337. The van der Waals surface area contributed by atoms with E-state index in [9.17, 15) is 9.18 Å². The molecule has 0 spiro atoms. The van der Waals surface area contributed by atoms with E-state index in [2.05, 4.69) is 5.32 Å². The Labute approximate surface area is 124 Å². The van der Waals surface area contributed by atoms with Gasteiger partial charge in [0.25, 0.3) is 0 Å². The molecule has 1 fully saturated rings. The van der Waals surface area contributed by atoms with E-state index < -0.39 is 0 Å². The first kappa shape index (κ1) is 15.7. The van der Waals surface area contributed by atoms with E-state index in [1.165, 1.54) is 12.1 Å². The summed E-state index contributed by atoms with van der Waals surface area (Å²) in [5.74, 6) is 0.333. The van der Waals surface area contributed by atoms with Crippen molar-refractivity contribution in [1.29, 1.82) is 0 Å². The van der Waals surface area contributed by atoms with Gasteiger partial charge in [-0.2, -0.15) is 0 Å². The predicted molar refractivity (Wildman–Crippen MR) is 76.8 cm³/mol. The zero-order chi connectivity index (χ0) is 15.1. The summed E-state index contributed by atoms with van der Waals surface area (Å²) >= 11 is 0. The van der Waals surface area contributed by atoms with Gasteiger partial charge in [0.05, 0.1) is 25.7 Å². The molecule has 1 amide bonds. The van der Waals surface area contributed by atoms with Crippen molar-refractivity contribution in [1.82, 2.24) is 10.2 Å². The van der Waals surface area contributed by atoms with Crippen LogP contribution in [-0.4, -0.2) is 56.8 Å². The predicted octanol–water partition coefficient (Wildman–Crippen LogP) is 1.04. The molecule has 1 atom stereocenters. The lowest BCUT2D eigenvalue weighted by atomic mass is 10.2. The van der Waals surface area contributed by atoms with Crippen LogP contribution in [0.1, 0.15) is 6.42 Å². The third-order valence-electron chi connectivity index (χ3n) is 3.34. The molecule has 0 radical (unpaired) electrons. The van der Waals surface area contributed by atoms with Crippen LogP contribution < -0.4 is 10.1 Å². The number of nitrogens with one attached hydrogen (secondary N) is 1. The van der Waals surface area contributed by atoms with E-state index >= 15 is 0 Å². The Morgan fingerprint density at radius 1 is 1.48 bits per heavy atom. The maximum absolute atomic E-state index is 12.7. The lowest BCUT2D eigenvalue weighted by Crippen LogP contribution is -2.42. The topological polar surface area (TPSA) is 50.8 Å². The fourth-order valence-electron chi connectivity index (χ4n) is 2.06. The first-order chi connectivity index (χ1) is 10.1. The zero-order valence-corrected chi connectivity index (χ0v) is 12.2. The Hall–Kier alpha value is -1.66. The molecule has 0 saturated carbocycles. The lowest BCUT2D eigenvalue weighted by molar-refractivity contribution is -0.133. The van der Waals surface area contributed by atoms with Crippen molar-refractivity contribution < 1.29 is 18.7 Å². The zero-order valence-electron chi connectivity index (χ0n) is 12.2. The molecule has 116 valence electrons. The van der Waals surface area contributed by atoms with E-state index in [-0.39, 0.29) is 17.8 Å². The van der Waals surface area contributed by atoms with Crippen LogP contribution in [0.4, 0.5) is 4.39 Å². The van der Waals surface area contributed by atoms with Crippen molar-refractivity contribution in [2.24, 2.45) is 0 Å². The van der Waals surface area contributed by atoms with Gasteiger partial charge in [-0.1, -0.05) is 0 Å². The fraction of sp³-hybridized carbons (Fsp3) is 0.533. The smallest absolute Gasteiger partial charge is 0.225 e. The summed E-state index contributed by atoms with van der Waals surface area (Å²) in [6, 6.07) is 5.83. The molecular weight excluding hydrogens is 275 g/mol. The molecule has 1 aliphatic heterocycles. The number of hydrogen-bond donors (Lipinski definition) is 1. The van der Waals surface area contributed by atoms with Gasteiger partial charge in [-0.25, -0.2) is 4.39 Å². The van der Waals surface area contributed by atoms with Crippen molar-refractivity contribution in [2.45, 2.75) is 12.5 Å². The molecule has 1 aliphatic rings. The van der Waals surface area contributed by atoms with E-state index in [1.807, 2.05) is 0 Å². The van der Waals surface area contributed by atoms with Gasteiger partial charge in [0.2, 0.25) is 5.91 Å². The number of benzene rings is 1. The van der Waals surface area contributed by atoms with Crippen LogP contribution in [0.2, 0.25) is 0 Å². The summed E-state index contributed by atoms with van der Waals surface area (Å²) in [7, 11) is 1.74. The number of rotatable bonds is 6. The van der Waals surface area contributed by atoms with Crippen molar-refractivity contribution in [3.8, 4) is 5.75 Å². The molecule has 1 saturated heterocycles. The highest BCUT2D eigenvalue weighted by atomic mass is 19.1. The van der Waals surface area contributed by atoms with Gasteiger partial charge in [-0.15, -0.1) is 0 Å². The van der Waals surface area contributed by atoms with Gasteiger partial charge in [0.15, 0.2) is 0 Å². The number of carbonyl (C=O) groups excluding carboxylic acids is 1. The maximum Gasteiger partial charge on any atom is 0.225 e. The van der Waals surface area contributed by atoms with Crippen LogP contribution in [0.3, 0.4) is 0 Å². The Morgan fingerprint density at radius 2 is 2.24 bits per heavy atom. The minimum Gasteiger partial charge on any atom is -0.492 e. The van der Waals surface area contributed by atoms with Gasteiger partial charge < -0.3 is 19.7 Å². The van der Waals surface area contributed by atoms with Crippen LogP contribution in [0.5, 0.6) is 5.75 Å². The lowest BCUT2D eigenvalue weighted by Gasteiger charge is -2.25. The summed E-state index contributed by atoms with van der Waals surface area (Å²) in [5, 5.41) is 3.20. The molecule has 21 heavy (non-hydrogen) atoms. The summed E-state index contributed by atoms with van der Waals surface area (Å²) in [4.78, 5) is 13.6. The average molecular weight is 296 g/mol. The Morgan fingerprint density at radius 3 is 2.90 bits per heavy atom. The Kier molecular flexibility index (Phi) is 5.95. The van der Waals surface area contributed by atoms with Gasteiger partial charge in [0.1, 0.15) is 18.2 Å². The molecule has 2 rings (SSSR count). The Balaban J connectivity index is 1.67. The number of amides is 1. The average Bonchev–Trinajstić information content (AvgIpc) is 2.50. The monoisotopic (exact) mass is 296 g/mol. The molecule has 6 heteroatoms. The van der Waals surface area contributed by atoms with Crippen LogP contribution in [-0.2, 0) is 9.53 Å². The second-order valence-electron chi connectivity index (χ2n) is 5.02. The second kappa shape index (κ2) is 7.95. The molecular formula is C15H21FN2O3. The van der Waals surface area contributed by atoms with Crippen molar-refractivity contribution in [3.05, 3.63) is 30.1 Å². The summed E-state index contributed by atoms with van der Waals surface area (Å²) < 4.78 is 23.7. The largest absolute Gasteiger partial charge is 0.492 e. The van der Waals surface area contributed by atoms with Crippen LogP contribution in [0.25, 0.3) is 0 Å². The van der Waals surface area contributed by atoms with E-state index in [0.717, 1.165) is 6.54 Å². The van der Waals surface area contributed by atoms with E-state index in [0.29, 0.717) is 38.5 Å². The summed E-state index contributed by atoms with van der Waals surface area (Å²) in [6.07, 6.45) is 0.326. The number of ether oxygens (including phenoxy) is 2. The number of likely N-dealkylation sites (N-methyl/N-ethyl adjacent to an activating group) is 1. The number of nitrogens with zero attached hydrogens (tertiary/aromatic N) is 1. The molecule has 1 unspecified atom stereocenters. The van der Waals surface area contributed by atoms with E-state index in [4.69, 9.17) is 9.47 Å². The number of morpholine rings is 1. The normalized spacial score (nSPS) is 18.3. The fourth-order valence-corrected chi connectivity index (χ4v) is 2.06. The highest BCUT2D eigenvalue weighted by molar-refractivity contribution is 5.76. The first-order valence-electron chi connectivity index (χ1n) is 7.10. The molecule has 0 bridgehead atoms. The highest BCUT2D eigenvalue weighted by Crippen LogP contribution is 2.11. The second-order valence-corrected chi connectivity index (χ2v) is 5.02.